The number of piperidine rings is 1. The lowest BCUT2D eigenvalue weighted by atomic mass is 9.79. The molecule has 1 saturated carbocycles. The molecule has 1 aromatic rings. The van der Waals surface area contributed by atoms with E-state index in [2.05, 4.69) is 20.8 Å². The third-order valence-electron chi connectivity index (χ3n) is 6.29. The molecule has 0 aromatic heterocycles. The Hall–Kier alpha value is -1.55. The van der Waals surface area contributed by atoms with Crippen molar-refractivity contribution in [3.05, 3.63) is 29.8 Å². The van der Waals surface area contributed by atoms with E-state index in [9.17, 15) is 4.79 Å². The van der Waals surface area contributed by atoms with Crippen LogP contribution >= 0.6 is 0 Å². The van der Waals surface area contributed by atoms with E-state index < -0.39 is 0 Å². The summed E-state index contributed by atoms with van der Waals surface area (Å²) in [5, 5.41) is 0. The van der Waals surface area contributed by atoms with Gasteiger partial charge in [-0.3, -0.25) is 4.79 Å². The van der Waals surface area contributed by atoms with Crippen molar-refractivity contribution in [1.82, 2.24) is 9.80 Å². The minimum atomic E-state index is 0.208. The first-order valence-corrected chi connectivity index (χ1v) is 9.84. The van der Waals surface area contributed by atoms with Gasteiger partial charge in [0.25, 0.3) is 5.91 Å². The lowest BCUT2D eigenvalue weighted by Gasteiger charge is -2.40. The molecule has 4 heteroatoms. The molecule has 2 heterocycles. The molecule has 3 aliphatic rings. The molecule has 1 amide bonds. The molecule has 4 rings (SSSR count). The highest BCUT2D eigenvalue weighted by atomic mass is 16.2. The smallest absolute Gasteiger partial charge is 0.253 e. The van der Waals surface area contributed by atoms with Gasteiger partial charge >= 0.3 is 0 Å². The Kier molecular flexibility index (Phi) is 4.48. The molecule has 1 aliphatic carbocycles. The van der Waals surface area contributed by atoms with E-state index in [1.54, 1.807) is 0 Å². The van der Waals surface area contributed by atoms with E-state index >= 15 is 0 Å². The van der Waals surface area contributed by atoms with Crippen molar-refractivity contribution in [2.24, 2.45) is 11.3 Å². The molecule has 0 bridgehead atoms. The van der Waals surface area contributed by atoms with Crippen molar-refractivity contribution in [2.75, 3.05) is 51.7 Å². The average molecular weight is 341 g/mol. The maximum Gasteiger partial charge on any atom is 0.253 e. The first-order valence-electron chi connectivity index (χ1n) is 9.84. The summed E-state index contributed by atoms with van der Waals surface area (Å²) in [5.74, 6) is 1.17. The molecule has 0 radical (unpaired) electrons. The van der Waals surface area contributed by atoms with Gasteiger partial charge in [0.05, 0.1) is 0 Å². The molecule has 25 heavy (non-hydrogen) atoms. The summed E-state index contributed by atoms with van der Waals surface area (Å²) >= 11 is 0. The first kappa shape index (κ1) is 16.9. The van der Waals surface area contributed by atoms with Crippen LogP contribution in [0.2, 0.25) is 0 Å². The van der Waals surface area contributed by atoms with E-state index in [1.165, 1.54) is 51.7 Å². The number of carbonyl (C=O) groups is 1. The Morgan fingerprint density at radius 1 is 1.20 bits per heavy atom. The number of anilines is 1. The monoisotopic (exact) mass is 341 g/mol. The number of nitrogens with zero attached hydrogens (tertiary/aromatic N) is 3. The van der Waals surface area contributed by atoms with Crippen LogP contribution in [0.3, 0.4) is 0 Å². The average Bonchev–Trinajstić information content (AvgIpc) is 3.34. The van der Waals surface area contributed by atoms with Crippen molar-refractivity contribution in [3.8, 4) is 0 Å². The molecular weight excluding hydrogens is 310 g/mol. The Labute approximate surface area is 151 Å². The Balaban J connectivity index is 1.42. The number of carbonyl (C=O) groups excluding carboxylic acids is 1. The van der Waals surface area contributed by atoms with Crippen LogP contribution in [0, 0.1) is 11.3 Å². The molecule has 3 fully saturated rings. The molecule has 1 aromatic carbocycles. The SMILES string of the molecule is CN(C)c1cccc(C(=O)N2CC[C@@]3(CCCN(CC4CC4)C3)C2)c1. The maximum atomic E-state index is 13.0. The van der Waals surface area contributed by atoms with Gasteiger partial charge in [0.15, 0.2) is 0 Å². The molecular formula is C21H31N3O. The Bertz CT molecular complexity index is 640. The number of rotatable bonds is 4. The van der Waals surface area contributed by atoms with Gasteiger partial charge in [0, 0.05) is 56.9 Å². The molecule has 4 nitrogen and oxygen atoms in total. The quantitative estimate of drug-likeness (QED) is 0.842. The van der Waals surface area contributed by atoms with Crippen LogP contribution in [0.25, 0.3) is 0 Å². The standard InChI is InChI=1S/C21H31N3O/c1-22(2)19-6-3-5-18(13-19)20(25)24-12-10-21(16-24)9-4-11-23(15-21)14-17-7-8-17/h3,5-6,13,17H,4,7-12,14-16H2,1-2H3/t21-/m1/s1. The lowest BCUT2D eigenvalue weighted by Crippen LogP contribution is -2.46. The van der Waals surface area contributed by atoms with Crippen LogP contribution in [0.1, 0.15) is 42.5 Å². The predicted molar refractivity (Wildman–Crippen MR) is 102 cm³/mol. The molecule has 0 N–H and O–H groups in total. The van der Waals surface area contributed by atoms with Gasteiger partial charge in [-0.2, -0.15) is 0 Å². The summed E-state index contributed by atoms with van der Waals surface area (Å²) in [4.78, 5) is 19.9. The largest absolute Gasteiger partial charge is 0.378 e. The molecule has 2 aliphatic heterocycles. The maximum absolute atomic E-state index is 13.0. The number of amides is 1. The van der Waals surface area contributed by atoms with Gasteiger partial charge in [0.1, 0.15) is 0 Å². The zero-order chi connectivity index (χ0) is 17.4. The van der Waals surface area contributed by atoms with E-state index in [1.807, 2.05) is 32.3 Å². The number of hydrogen-bond acceptors (Lipinski definition) is 3. The molecule has 0 unspecified atom stereocenters. The van der Waals surface area contributed by atoms with Gasteiger partial charge in [-0.15, -0.1) is 0 Å². The summed E-state index contributed by atoms with van der Waals surface area (Å²) < 4.78 is 0. The fraction of sp³-hybridized carbons (Fsp3) is 0.667. The fourth-order valence-corrected chi connectivity index (χ4v) is 4.67. The zero-order valence-electron chi connectivity index (χ0n) is 15.7. The second kappa shape index (κ2) is 6.64. The van der Waals surface area contributed by atoms with Crippen molar-refractivity contribution in [3.63, 3.8) is 0 Å². The summed E-state index contributed by atoms with van der Waals surface area (Å²) in [6.45, 7) is 5.62. The van der Waals surface area contributed by atoms with Crippen LogP contribution in [0.15, 0.2) is 24.3 Å². The predicted octanol–water partition coefficient (Wildman–Crippen LogP) is 3.09. The third-order valence-corrected chi connectivity index (χ3v) is 6.29. The lowest BCUT2D eigenvalue weighted by molar-refractivity contribution is 0.0681. The topological polar surface area (TPSA) is 26.8 Å². The van der Waals surface area contributed by atoms with E-state index in [0.717, 1.165) is 30.3 Å². The fourth-order valence-electron chi connectivity index (χ4n) is 4.67. The van der Waals surface area contributed by atoms with E-state index in [-0.39, 0.29) is 5.91 Å². The van der Waals surface area contributed by atoms with Crippen molar-refractivity contribution < 1.29 is 4.79 Å². The van der Waals surface area contributed by atoms with Crippen molar-refractivity contribution in [2.45, 2.75) is 32.1 Å². The highest BCUT2D eigenvalue weighted by molar-refractivity contribution is 5.95. The van der Waals surface area contributed by atoms with Gasteiger partial charge in [0.2, 0.25) is 0 Å². The second-order valence-electron chi connectivity index (χ2n) is 8.70. The number of likely N-dealkylation sites (tertiary alicyclic amines) is 2. The highest BCUT2D eigenvalue weighted by Crippen LogP contribution is 2.41. The summed E-state index contributed by atoms with van der Waals surface area (Å²) in [7, 11) is 4.04. The normalized spacial score (nSPS) is 27.0. The summed E-state index contributed by atoms with van der Waals surface area (Å²) in [5.41, 5.74) is 2.27. The molecule has 1 spiro atoms. The van der Waals surface area contributed by atoms with Crippen LogP contribution in [0.4, 0.5) is 5.69 Å². The zero-order valence-corrected chi connectivity index (χ0v) is 15.7. The molecule has 1 atom stereocenters. The number of hydrogen-bond donors (Lipinski definition) is 0. The highest BCUT2D eigenvalue weighted by Gasteiger charge is 2.43. The Morgan fingerprint density at radius 3 is 2.80 bits per heavy atom. The van der Waals surface area contributed by atoms with E-state index in [4.69, 9.17) is 0 Å². The van der Waals surface area contributed by atoms with Crippen molar-refractivity contribution in [1.29, 1.82) is 0 Å². The van der Waals surface area contributed by atoms with Gasteiger partial charge in [-0.1, -0.05) is 6.07 Å². The van der Waals surface area contributed by atoms with Crippen LogP contribution in [0.5, 0.6) is 0 Å². The van der Waals surface area contributed by atoms with Crippen LogP contribution in [-0.4, -0.2) is 62.5 Å². The van der Waals surface area contributed by atoms with Gasteiger partial charge in [-0.25, -0.2) is 0 Å². The first-order chi connectivity index (χ1) is 12.0. The third kappa shape index (κ3) is 3.69. The number of benzene rings is 1. The molecule has 2 saturated heterocycles. The molecule has 136 valence electrons. The Morgan fingerprint density at radius 2 is 2.04 bits per heavy atom. The second-order valence-corrected chi connectivity index (χ2v) is 8.70. The van der Waals surface area contributed by atoms with Crippen LogP contribution in [-0.2, 0) is 0 Å². The summed E-state index contributed by atoms with van der Waals surface area (Å²) in [6, 6.07) is 8.03. The van der Waals surface area contributed by atoms with Gasteiger partial charge < -0.3 is 14.7 Å². The van der Waals surface area contributed by atoms with E-state index in [0.29, 0.717) is 5.41 Å². The summed E-state index contributed by atoms with van der Waals surface area (Å²) in [6.07, 6.45) is 6.61. The minimum absolute atomic E-state index is 0.208. The van der Waals surface area contributed by atoms with Crippen LogP contribution < -0.4 is 4.90 Å². The minimum Gasteiger partial charge on any atom is -0.378 e. The van der Waals surface area contributed by atoms with Crippen molar-refractivity contribution >= 4 is 11.6 Å². The van der Waals surface area contributed by atoms with Gasteiger partial charge in [-0.05, 0) is 62.8 Å².